The molecule has 0 amide bonds. The predicted octanol–water partition coefficient (Wildman–Crippen LogP) is 7.62. The molecule has 10 heteroatoms. The van der Waals surface area contributed by atoms with Gasteiger partial charge in [0.2, 0.25) is 0 Å². The van der Waals surface area contributed by atoms with Gasteiger partial charge in [-0.3, -0.25) is 0 Å². The van der Waals surface area contributed by atoms with Crippen LogP contribution in [0.25, 0.3) is 0 Å². The number of benzene rings is 4. The summed E-state index contributed by atoms with van der Waals surface area (Å²) in [5, 5.41) is 2.60. The Balaban J connectivity index is 2.01. The van der Waals surface area contributed by atoms with Gasteiger partial charge in [0.25, 0.3) is 0 Å². The van der Waals surface area contributed by atoms with Crippen molar-refractivity contribution in [3.63, 3.8) is 0 Å². The average Bonchev–Trinajstić information content (AvgIpc) is 2.91. The molecule has 2 unspecified atom stereocenters. The minimum Gasteiger partial charge on any atom is -0.242 e. The Labute approximate surface area is 239 Å². The molecule has 0 aliphatic rings. The summed E-state index contributed by atoms with van der Waals surface area (Å²) in [5.41, 5.74) is -2.70. The average molecular weight is 608 g/mol. The maximum absolute atomic E-state index is 13.9. The maximum atomic E-state index is 13.9. The van der Waals surface area contributed by atoms with Gasteiger partial charge in [-0.2, -0.15) is 26.3 Å². The van der Waals surface area contributed by atoms with Crippen LogP contribution < -0.4 is 20.6 Å². The normalized spacial score (nSPS) is 14.2. The quantitative estimate of drug-likeness (QED) is 0.170. The number of hydrogen-bond acceptors (Lipinski definition) is 1. The molecule has 0 saturated heterocycles. The topological polar surface area (TPSA) is 29.1 Å². The Morgan fingerprint density at radius 1 is 0.659 bits per heavy atom. The third-order valence-corrected chi connectivity index (χ3v) is 10.3. The molecule has 41 heavy (non-hydrogen) atoms. The summed E-state index contributed by atoms with van der Waals surface area (Å²) in [5.74, 6) is 0. The van der Waals surface area contributed by atoms with Crippen molar-refractivity contribution in [1.82, 2.24) is 4.72 Å². The smallest absolute Gasteiger partial charge is 0.242 e. The highest BCUT2D eigenvalue weighted by Gasteiger charge is 2.38. The summed E-state index contributed by atoms with van der Waals surface area (Å²) in [6.07, 6.45) is -10.0. The second-order valence-electron chi connectivity index (χ2n) is 10.3. The van der Waals surface area contributed by atoms with Crippen molar-refractivity contribution in [3.05, 3.63) is 125 Å². The Morgan fingerprint density at radius 2 is 1.10 bits per heavy atom. The van der Waals surface area contributed by atoms with E-state index in [0.29, 0.717) is 23.0 Å². The van der Waals surface area contributed by atoms with E-state index >= 15 is 0 Å². The van der Waals surface area contributed by atoms with E-state index in [-0.39, 0.29) is 11.6 Å². The van der Waals surface area contributed by atoms with E-state index in [2.05, 4.69) is 4.72 Å². The van der Waals surface area contributed by atoms with E-state index in [1.165, 1.54) is 0 Å². The first-order valence-corrected chi connectivity index (χ1v) is 15.1. The molecule has 4 aromatic carbocycles. The lowest BCUT2D eigenvalue weighted by Crippen LogP contribution is -2.38. The fraction of sp³-hybridized carbons (Fsp3) is 0.226. The van der Waals surface area contributed by atoms with Gasteiger partial charge in [-0.05, 0) is 73.9 Å². The molecule has 0 bridgehead atoms. The van der Waals surface area contributed by atoms with Gasteiger partial charge in [-0.25, -0.2) is 8.93 Å². The van der Waals surface area contributed by atoms with E-state index in [1.807, 2.05) is 66.7 Å². The van der Waals surface area contributed by atoms with Gasteiger partial charge in [0.05, 0.1) is 32.9 Å². The SMILES string of the molecule is CC(C)(C)S(=O)NC(c1cc(C(F)(F)F)cc(C(F)(F)F)c1)c1ccccc1P(c1ccccc1)c1ccccc1. The fourth-order valence-corrected chi connectivity index (χ4v) is 7.58. The predicted molar refractivity (Wildman–Crippen MR) is 154 cm³/mol. The van der Waals surface area contributed by atoms with Crippen molar-refractivity contribution in [1.29, 1.82) is 0 Å². The first-order valence-electron chi connectivity index (χ1n) is 12.6. The Hall–Kier alpha value is -3.00. The zero-order valence-electron chi connectivity index (χ0n) is 22.4. The van der Waals surface area contributed by atoms with Crippen LogP contribution in [0.1, 0.15) is 49.1 Å². The molecule has 0 spiro atoms. The molecule has 4 rings (SSSR count). The molecular weight excluding hydrogens is 579 g/mol. The third kappa shape index (κ3) is 7.45. The van der Waals surface area contributed by atoms with Gasteiger partial charge in [0.1, 0.15) is 0 Å². The lowest BCUT2D eigenvalue weighted by Gasteiger charge is -2.30. The highest BCUT2D eigenvalue weighted by molar-refractivity contribution is 7.84. The van der Waals surface area contributed by atoms with Crippen molar-refractivity contribution in [3.8, 4) is 0 Å². The molecule has 1 N–H and O–H groups in total. The summed E-state index contributed by atoms with van der Waals surface area (Å²) in [6.45, 7) is 5.02. The molecule has 0 aromatic heterocycles. The van der Waals surface area contributed by atoms with Crippen molar-refractivity contribution >= 4 is 34.8 Å². The summed E-state index contributed by atoms with van der Waals surface area (Å²) < 4.78 is 98.6. The van der Waals surface area contributed by atoms with Gasteiger partial charge in [0, 0.05) is 0 Å². The summed E-state index contributed by atoms with van der Waals surface area (Å²) in [4.78, 5) is 0. The van der Waals surface area contributed by atoms with Gasteiger partial charge in [-0.1, -0.05) is 84.9 Å². The number of halogens is 6. The summed E-state index contributed by atoms with van der Waals surface area (Å²) in [7, 11) is -3.13. The lowest BCUT2D eigenvalue weighted by atomic mass is 9.95. The fourth-order valence-electron chi connectivity index (χ4n) is 4.26. The largest absolute Gasteiger partial charge is 0.416 e. The van der Waals surface area contributed by atoms with E-state index in [9.17, 15) is 30.6 Å². The second kappa shape index (κ2) is 12.1. The minimum absolute atomic E-state index is 0.105. The van der Waals surface area contributed by atoms with E-state index in [4.69, 9.17) is 0 Å². The van der Waals surface area contributed by atoms with Gasteiger partial charge in [-0.15, -0.1) is 0 Å². The number of alkyl halides is 6. The van der Waals surface area contributed by atoms with Gasteiger partial charge in [0.15, 0.2) is 0 Å². The Morgan fingerprint density at radius 3 is 1.54 bits per heavy atom. The summed E-state index contributed by atoms with van der Waals surface area (Å²) >= 11 is 0. The summed E-state index contributed by atoms with van der Waals surface area (Å²) in [6, 6.07) is 26.2. The zero-order chi connectivity index (χ0) is 30.0. The van der Waals surface area contributed by atoms with E-state index < -0.39 is 53.2 Å². The van der Waals surface area contributed by atoms with Gasteiger partial charge >= 0.3 is 12.4 Å². The van der Waals surface area contributed by atoms with Gasteiger partial charge < -0.3 is 0 Å². The lowest BCUT2D eigenvalue weighted by molar-refractivity contribution is -0.143. The molecule has 0 aliphatic heterocycles. The van der Waals surface area contributed by atoms with Crippen LogP contribution in [0.15, 0.2) is 103 Å². The van der Waals surface area contributed by atoms with Crippen LogP contribution in [-0.4, -0.2) is 8.96 Å². The van der Waals surface area contributed by atoms with Crippen molar-refractivity contribution in [2.75, 3.05) is 0 Å². The molecule has 2 nitrogen and oxygen atoms in total. The molecule has 2 atom stereocenters. The van der Waals surface area contributed by atoms with Crippen LogP contribution >= 0.6 is 7.92 Å². The highest BCUT2D eigenvalue weighted by Crippen LogP contribution is 2.41. The number of nitrogens with one attached hydrogen (secondary N) is 1. The van der Waals surface area contributed by atoms with E-state index in [1.54, 1.807) is 39.0 Å². The second-order valence-corrected chi connectivity index (χ2v) is 14.5. The maximum Gasteiger partial charge on any atom is 0.416 e. The Bertz CT molecular complexity index is 1430. The van der Waals surface area contributed by atoms with Crippen LogP contribution in [0.2, 0.25) is 0 Å². The van der Waals surface area contributed by atoms with Crippen molar-refractivity contribution in [2.45, 2.75) is 43.9 Å². The minimum atomic E-state index is -5.02. The molecule has 0 radical (unpaired) electrons. The first-order chi connectivity index (χ1) is 19.2. The number of rotatable bonds is 7. The number of hydrogen-bond donors (Lipinski definition) is 1. The van der Waals surface area contributed by atoms with Crippen LogP contribution in [0.3, 0.4) is 0 Å². The third-order valence-electron chi connectivity index (χ3n) is 6.24. The standard InChI is InChI=1S/C31H28F6NOPS/c1-29(2,3)41(39)38-28(21-18-22(30(32,33)34)20-23(19-21)31(35,36)37)26-16-10-11-17-27(26)40(24-12-6-4-7-13-24)25-14-8-5-9-15-25/h4-20,28,38H,1-3H3. The molecule has 0 aliphatic carbocycles. The van der Waals surface area contributed by atoms with Crippen LogP contribution in [-0.2, 0) is 23.3 Å². The first kappa shape index (κ1) is 30.9. The van der Waals surface area contributed by atoms with Crippen molar-refractivity contribution in [2.24, 2.45) is 0 Å². The highest BCUT2D eigenvalue weighted by atomic mass is 32.2. The van der Waals surface area contributed by atoms with Crippen LogP contribution in [0.5, 0.6) is 0 Å². The monoisotopic (exact) mass is 607 g/mol. The van der Waals surface area contributed by atoms with Crippen LogP contribution in [0, 0.1) is 0 Å². The molecule has 4 aromatic rings. The molecular formula is C31H28F6NOPS. The zero-order valence-corrected chi connectivity index (χ0v) is 24.1. The van der Waals surface area contributed by atoms with E-state index in [0.717, 1.165) is 10.6 Å². The molecule has 0 heterocycles. The van der Waals surface area contributed by atoms with Crippen molar-refractivity contribution < 1.29 is 30.6 Å². The molecule has 0 fully saturated rings. The molecule has 216 valence electrons. The Kier molecular flexibility index (Phi) is 9.12. The van der Waals surface area contributed by atoms with Crippen LogP contribution in [0.4, 0.5) is 26.3 Å². The molecule has 0 saturated carbocycles.